The minimum atomic E-state index is 0.0386. The third-order valence-corrected chi connectivity index (χ3v) is 4.61. The zero-order valence-electron chi connectivity index (χ0n) is 11.5. The normalized spacial score (nSPS) is 23.1. The first-order chi connectivity index (χ1) is 9.15. The molecule has 1 amide bonds. The molecule has 2 nitrogen and oxygen atoms in total. The molecule has 0 heterocycles. The second-order valence-electron chi connectivity index (χ2n) is 5.68. The molecule has 1 fully saturated rings. The van der Waals surface area contributed by atoms with E-state index >= 15 is 0 Å². The molecule has 1 N–H and O–H groups in total. The summed E-state index contributed by atoms with van der Waals surface area (Å²) in [5, 5.41) is 3.02. The molecule has 1 aromatic carbocycles. The summed E-state index contributed by atoms with van der Waals surface area (Å²) >= 11 is 3.37. The highest BCUT2D eigenvalue weighted by molar-refractivity contribution is 9.10. The summed E-state index contributed by atoms with van der Waals surface area (Å²) in [6.45, 7) is 3.14. The highest BCUT2D eigenvalue weighted by atomic mass is 79.9. The number of hydrogen-bond acceptors (Lipinski definition) is 1. The fourth-order valence-corrected chi connectivity index (χ4v) is 2.98. The van der Waals surface area contributed by atoms with Gasteiger partial charge in [0, 0.05) is 16.6 Å². The average molecular weight is 324 g/mol. The number of benzene rings is 1. The van der Waals surface area contributed by atoms with Gasteiger partial charge in [0.15, 0.2) is 0 Å². The molecule has 0 unspecified atom stereocenters. The highest BCUT2D eigenvalue weighted by Crippen LogP contribution is 2.29. The molecule has 3 heteroatoms. The van der Waals surface area contributed by atoms with Gasteiger partial charge in [-0.05, 0) is 42.5 Å². The van der Waals surface area contributed by atoms with Crippen LogP contribution in [0.15, 0.2) is 28.7 Å². The first-order valence-electron chi connectivity index (χ1n) is 7.19. The number of carbonyl (C=O) groups excluding carboxylic acids is 1. The van der Waals surface area contributed by atoms with E-state index in [0.29, 0.717) is 0 Å². The first kappa shape index (κ1) is 14.6. The van der Waals surface area contributed by atoms with Crippen molar-refractivity contribution in [1.82, 2.24) is 5.32 Å². The van der Waals surface area contributed by atoms with Gasteiger partial charge in [-0.15, -0.1) is 0 Å². The molecular weight excluding hydrogens is 302 g/mol. The molecule has 19 heavy (non-hydrogen) atoms. The van der Waals surface area contributed by atoms with Crippen molar-refractivity contribution < 1.29 is 4.79 Å². The summed E-state index contributed by atoms with van der Waals surface area (Å²) in [6.07, 6.45) is 6.48. The van der Waals surface area contributed by atoms with Gasteiger partial charge in [-0.25, -0.2) is 0 Å². The molecule has 1 aliphatic rings. The largest absolute Gasteiger partial charge is 0.352 e. The van der Waals surface area contributed by atoms with E-state index in [1.54, 1.807) is 0 Å². The average Bonchev–Trinajstić information content (AvgIpc) is 2.41. The van der Waals surface area contributed by atoms with Gasteiger partial charge in [-0.1, -0.05) is 48.5 Å². The lowest BCUT2D eigenvalue weighted by Crippen LogP contribution is -2.26. The fourth-order valence-electron chi connectivity index (χ4n) is 2.71. The lowest BCUT2D eigenvalue weighted by molar-refractivity contribution is 0.0949. The number of amides is 1. The van der Waals surface area contributed by atoms with Crippen LogP contribution in [0.5, 0.6) is 0 Å². The van der Waals surface area contributed by atoms with E-state index < -0.39 is 0 Å². The Morgan fingerprint density at radius 2 is 1.84 bits per heavy atom. The quantitative estimate of drug-likeness (QED) is 0.874. The van der Waals surface area contributed by atoms with Crippen molar-refractivity contribution in [2.45, 2.75) is 39.0 Å². The van der Waals surface area contributed by atoms with Crippen molar-refractivity contribution in [3.05, 3.63) is 34.3 Å². The van der Waals surface area contributed by atoms with Crippen LogP contribution in [0, 0.1) is 11.8 Å². The van der Waals surface area contributed by atoms with Crippen molar-refractivity contribution >= 4 is 21.8 Å². The Morgan fingerprint density at radius 1 is 1.21 bits per heavy atom. The summed E-state index contributed by atoms with van der Waals surface area (Å²) in [7, 11) is 0. The van der Waals surface area contributed by atoms with Gasteiger partial charge in [0.05, 0.1) is 0 Å². The van der Waals surface area contributed by atoms with Crippen LogP contribution in [0.3, 0.4) is 0 Å². The Morgan fingerprint density at radius 3 is 2.47 bits per heavy atom. The molecule has 0 atom stereocenters. The SMILES string of the molecule is CC1CCC(CCNC(=O)c2ccc(Br)cc2)CC1. The summed E-state index contributed by atoms with van der Waals surface area (Å²) in [5.41, 5.74) is 0.737. The zero-order valence-corrected chi connectivity index (χ0v) is 13.1. The smallest absolute Gasteiger partial charge is 0.251 e. The molecule has 0 spiro atoms. The molecule has 0 bridgehead atoms. The molecular formula is C16H22BrNO. The standard InChI is InChI=1S/C16H22BrNO/c1-12-2-4-13(5-3-12)10-11-18-16(19)14-6-8-15(17)9-7-14/h6-9,12-13H,2-5,10-11H2,1H3,(H,18,19). The number of nitrogens with one attached hydrogen (secondary N) is 1. The molecule has 0 radical (unpaired) electrons. The Labute approximate surface area is 124 Å². The van der Waals surface area contributed by atoms with Crippen LogP contribution in [-0.4, -0.2) is 12.5 Å². The third kappa shape index (κ3) is 4.64. The second kappa shape index (κ2) is 7.09. The molecule has 0 aromatic heterocycles. The highest BCUT2D eigenvalue weighted by Gasteiger charge is 2.17. The van der Waals surface area contributed by atoms with E-state index in [1.165, 1.54) is 25.7 Å². The molecule has 0 aliphatic heterocycles. The maximum atomic E-state index is 11.9. The predicted molar refractivity (Wildman–Crippen MR) is 82.2 cm³/mol. The van der Waals surface area contributed by atoms with E-state index in [9.17, 15) is 4.79 Å². The second-order valence-corrected chi connectivity index (χ2v) is 6.59. The van der Waals surface area contributed by atoms with Crippen molar-refractivity contribution in [1.29, 1.82) is 0 Å². The van der Waals surface area contributed by atoms with E-state index in [2.05, 4.69) is 28.2 Å². The van der Waals surface area contributed by atoms with Crippen molar-refractivity contribution in [3.8, 4) is 0 Å². The molecule has 0 saturated heterocycles. The van der Waals surface area contributed by atoms with Crippen molar-refractivity contribution in [2.24, 2.45) is 11.8 Å². The summed E-state index contributed by atoms with van der Waals surface area (Å²) in [6, 6.07) is 7.50. The van der Waals surface area contributed by atoms with Crippen LogP contribution in [-0.2, 0) is 0 Å². The minimum absolute atomic E-state index is 0.0386. The molecule has 2 rings (SSSR count). The van der Waals surface area contributed by atoms with Gasteiger partial charge >= 0.3 is 0 Å². The van der Waals surface area contributed by atoms with Crippen LogP contribution in [0.25, 0.3) is 0 Å². The third-order valence-electron chi connectivity index (χ3n) is 4.08. The Bertz CT molecular complexity index is 407. The number of halogens is 1. The molecule has 1 aromatic rings. The van der Waals surface area contributed by atoms with Gasteiger partial charge in [0.2, 0.25) is 0 Å². The minimum Gasteiger partial charge on any atom is -0.352 e. The maximum Gasteiger partial charge on any atom is 0.251 e. The maximum absolute atomic E-state index is 11.9. The van der Waals surface area contributed by atoms with Gasteiger partial charge < -0.3 is 5.32 Å². The number of rotatable bonds is 4. The molecule has 1 saturated carbocycles. The van der Waals surface area contributed by atoms with E-state index in [-0.39, 0.29) is 5.91 Å². The monoisotopic (exact) mass is 323 g/mol. The van der Waals surface area contributed by atoms with E-state index in [1.807, 2.05) is 24.3 Å². The summed E-state index contributed by atoms with van der Waals surface area (Å²) in [4.78, 5) is 11.9. The summed E-state index contributed by atoms with van der Waals surface area (Å²) in [5.74, 6) is 1.74. The van der Waals surface area contributed by atoms with Crippen molar-refractivity contribution in [2.75, 3.05) is 6.54 Å². The topological polar surface area (TPSA) is 29.1 Å². The molecule has 104 valence electrons. The first-order valence-corrected chi connectivity index (χ1v) is 7.98. The fraction of sp³-hybridized carbons (Fsp3) is 0.562. The Balaban J connectivity index is 1.70. The predicted octanol–water partition coefficient (Wildman–Crippen LogP) is 4.40. The Kier molecular flexibility index (Phi) is 5.44. The number of hydrogen-bond donors (Lipinski definition) is 1. The summed E-state index contributed by atoms with van der Waals surface area (Å²) < 4.78 is 1.00. The van der Waals surface area contributed by atoms with Crippen LogP contribution >= 0.6 is 15.9 Å². The van der Waals surface area contributed by atoms with Crippen LogP contribution in [0.4, 0.5) is 0 Å². The number of carbonyl (C=O) groups is 1. The van der Waals surface area contributed by atoms with Crippen LogP contribution in [0.2, 0.25) is 0 Å². The van der Waals surface area contributed by atoms with Crippen molar-refractivity contribution in [3.63, 3.8) is 0 Å². The van der Waals surface area contributed by atoms with Gasteiger partial charge in [0.1, 0.15) is 0 Å². The van der Waals surface area contributed by atoms with Gasteiger partial charge in [-0.2, -0.15) is 0 Å². The lowest BCUT2D eigenvalue weighted by Gasteiger charge is -2.26. The van der Waals surface area contributed by atoms with E-state index in [0.717, 1.165) is 34.8 Å². The Hall–Kier alpha value is -0.830. The van der Waals surface area contributed by atoms with Crippen LogP contribution in [0.1, 0.15) is 49.4 Å². The van der Waals surface area contributed by atoms with Gasteiger partial charge in [-0.3, -0.25) is 4.79 Å². The van der Waals surface area contributed by atoms with E-state index in [4.69, 9.17) is 0 Å². The lowest BCUT2D eigenvalue weighted by atomic mass is 9.81. The zero-order chi connectivity index (χ0) is 13.7. The van der Waals surface area contributed by atoms with Gasteiger partial charge in [0.25, 0.3) is 5.91 Å². The van der Waals surface area contributed by atoms with Crippen LogP contribution < -0.4 is 5.32 Å². The molecule has 1 aliphatic carbocycles.